The van der Waals surface area contributed by atoms with Crippen LogP contribution in [0.15, 0.2) is 5.38 Å². The van der Waals surface area contributed by atoms with E-state index in [1.165, 1.54) is 11.3 Å². The Morgan fingerprint density at radius 2 is 2.50 bits per heavy atom. The molecule has 1 aliphatic heterocycles. The fourth-order valence-electron chi connectivity index (χ4n) is 1.89. The normalized spacial score (nSPS) is 19.4. The minimum atomic E-state index is 0. The van der Waals surface area contributed by atoms with Crippen LogP contribution in [0.2, 0.25) is 0 Å². The van der Waals surface area contributed by atoms with Gasteiger partial charge in [-0.1, -0.05) is 0 Å². The van der Waals surface area contributed by atoms with Crippen molar-refractivity contribution in [2.75, 3.05) is 26.7 Å². The smallest absolute Gasteiger partial charge is 0.273 e. The highest BCUT2D eigenvalue weighted by Crippen LogP contribution is 2.14. The Morgan fingerprint density at radius 1 is 1.72 bits per heavy atom. The van der Waals surface area contributed by atoms with Crippen LogP contribution in [0, 0.1) is 0 Å². The number of nitrogens with zero attached hydrogens (tertiary/aromatic N) is 2. The van der Waals surface area contributed by atoms with Crippen LogP contribution < -0.4 is 5.32 Å². The molecule has 7 heteroatoms. The molecule has 0 aliphatic carbocycles. The fourth-order valence-corrected chi connectivity index (χ4v) is 2.63. The molecule has 0 bridgehead atoms. The molecule has 1 fully saturated rings. The van der Waals surface area contributed by atoms with Crippen LogP contribution >= 0.6 is 23.7 Å². The number of aromatic nitrogens is 1. The zero-order chi connectivity index (χ0) is 12.3. The lowest BCUT2D eigenvalue weighted by molar-refractivity contribution is 0.0650. The van der Waals surface area contributed by atoms with Gasteiger partial charge in [-0.2, -0.15) is 0 Å². The molecule has 0 unspecified atom stereocenters. The van der Waals surface area contributed by atoms with Gasteiger partial charge in [0.1, 0.15) is 10.7 Å². The predicted octanol–water partition coefficient (Wildman–Crippen LogP) is 1.15. The van der Waals surface area contributed by atoms with E-state index in [0.29, 0.717) is 12.3 Å². The number of carbonyl (C=O) groups excluding carboxylic acids is 1. The van der Waals surface area contributed by atoms with E-state index in [1.807, 2.05) is 17.2 Å². The summed E-state index contributed by atoms with van der Waals surface area (Å²) >= 11 is 1.47. The quantitative estimate of drug-likeness (QED) is 0.907. The molecule has 0 radical (unpaired) electrons. The molecule has 0 saturated carbocycles. The van der Waals surface area contributed by atoms with Crippen molar-refractivity contribution in [1.29, 1.82) is 0 Å². The number of carbonyl (C=O) groups is 1. The highest BCUT2D eigenvalue weighted by atomic mass is 35.5. The van der Waals surface area contributed by atoms with Crippen molar-refractivity contribution in [3.63, 3.8) is 0 Å². The molecule has 2 heterocycles. The number of hydrogen-bond donors (Lipinski definition) is 1. The first-order chi connectivity index (χ1) is 8.22. The summed E-state index contributed by atoms with van der Waals surface area (Å²) in [5.74, 6) is 0.0256. The van der Waals surface area contributed by atoms with Crippen LogP contribution in [0.3, 0.4) is 0 Å². The summed E-state index contributed by atoms with van der Waals surface area (Å²) in [5, 5.41) is 5.92. The maximum absolute atomic E-state index is 12.2. The minimum Gasteiger partial charge on any atom is -0.378 e. The number of thiazole rings is 1. The topological polar surface area (TPSA) is 54.5 Å². The van der Waals surface area contributed by atoms with Gasteiger partial charge in [-0.15, -0.1) is 23.7 Å². The van der Waals surface area contributed by atoms with E-state index >= 15 is 0 Å². The highest BCUT2D eigenvalue weighted by molar-refractivity contribution is 7.09. The monoisotopic (exact) mass is 291 g/mol. The minimum absolute atomic E-state index is 0. The zero-order valence-corrected chi connectivity index (χ0v) is 12.1. The second-order valence-corrected chi connectivity index (χ2v) is 5.05. The number of rotatable bonds is 3. The number of piperazine rings is 1. The standard InChI is InChI=1S/C11H17N3O2S.ClH/c1-8-5-12-3-4-14(8)11(15)9-7-17-10(13-9)6-16-2;/h7-8,12H,3-6H2,1-2H3;1H/t8-;/m0./s1. The first-order valence-corrected chi connectivity index (χ1v) is 6.55. The van der Waals surface area contributed by atoms with Crippen molar-refractivity contribution in [3.05, 3.63) is 16.1 Å². The Morgan fingerprint density at radius 3 is 3.17 bits per heavy atom. The molecule has 18 heavy (non-hydrogen) atoms. The van der Waals surface area contributed by atoms with Crippen LogP contribution in [-0.2, 0) is 11.3 Å². The molecule has 1 amide bonds. The van der Waals surface area contributed by atoms with E-state index in [9.17, 15) is 4.79 Å². The summed E-state index contributed by atoms with van der Waals surface area (Å²) in [7, 11) is 1.63. The molecule has 2 rings (SSSR count). The van der Waals surface area contributed by atoms with E-state index < -0.39 is 0 Å². The summed E-state index contributed by atoms with van der Waals surface area (Å²) in [6.07, 6.45) is 0. The van der Waals surface area contributed by atoms with Crippen molar-refractivity contribution in [1.82, 2.24) is 15.2 Å². The number of hydrogen-bond acceptors (Lipinski definition) is 5. The van der Waals surface area contributed by atoms with E-state index in [-0.39, 0.29) is 24.4 Å². The molecular formula is C11H18ClN3O2S. The van der Waals surface area contributed by atoms with Gasteiger partial charge in [0.05, 0.1) is 6.61 Å². The van der Waals surface area contributed by atoms with E-state index in [0.717, 1.165) is 24.6 Å². The Labute approximate surface area is 117 Å². The molecular weight excluding hydrogens is 274 g/mol. The third-order valence-electron chi connectivity index (χ3n) is 2.80. The lowest BCUT2D eigenvalue weighted by atomic mass is 10.2. The summed E-state index contributed by atoms with van der Waals surface area (Å²) in [4.78, 5) is 18.4. The van der Waals surface area contributed by atoms with Gasteiger partial charge in [-0.25, -0.2) is 4.98 Å². The molecule has 1 aromatic rings. The van der Waals surface area contributed by atoms with Gasteiger partial charge in [0.15, 0.2) is 0 Å². The lowest BCUT2D eigenvalue weighted by Crippen LogP contribution is -2.52. The van der Waals surface area contributed by atoms with Crippen LogP contribution in [0.4, 0.5) is 0 Å². The van der Waals surface area contributed by atoms with Crippen molar-refractivity contribution in [2.24, 2.45) is 0 Å². The number of amides is 1. The lowest BCUT2D eigenvalue weighted by Gasteiger charge is -2.33. The predicted molar refractivity (Wildman–Crippen MR) is 73.4 cm³/mol. The maximum Gasteiger partial charge on any atom is 0.273 e. The van der Waals surface area contributed by atoms with Crippen molar-refractivity contribution in [2.45, 2.75) is 19.6 Å². The number of halogens is 1. The molecule has 0 spiro atoms. The molecule has 1 aromatic heterocycles. The Bertz CT molecular complexity index is 399. The first-order valence-electron chi connectivity index (χ1n) is 5.67. The van der Waals surface area contributed by atoms with Crippen LogP contribution in [0.25, 0.3) is 0 Å². The average Bonchev–Trinajstić information content (AvgIpc) is 2.78. The van der Waals surface area contributed by atoms with E-state index in [4.69, 9.17) is 4.74 Å². The number of methoxy groups -OCH3 is 1. The average molecular weight is 292 g/mol. The van der Waals surface area contributed by atoms with Crippen LogP contribution in [0.5, 0.6) is 0 Å². The highest BCUT2D eigenvalue weighted by Gasteiger charge is 2.25. The van der Waals surface area contributed by atoms with Gasteiger partial charge in [0.25, 0.3) is 5.91 Å². The first kappa shape index (κ1) is 15.4. The Balaban J connectivity index is 0.00000162. The molecule has 5 nitrogen and oxygen atoms in total. The summed E-state index contributed by atoms with van der Waals surface area (Å²) in [5.41, 5.74) is 0.538. The van der Waals surface area contributed by atoms with Crippen molar-refractivity contribution >= 4 is 29.7 Å². The summed E-state index contributed by atoms with van der Waals surface area (Å²) in [6.45, 7) is 4.96. The fraction of sp³-hybridized carbons (Fsp3) is 0.636. The Kier molecular flexibility index (Phi) is 6.01. The van der Waals surface area contributed by atoms with Gasteiger partial charge in [0, 0.05) is 38.2 Å². The summed E-state index contributed by atoms with van der Waals surface area (Å²) in [6, 6.07) is 0.226. The van der Waals surface area contributed by atoms with E-state index in [2.05, 4.69) is 10.3 Å². The van der Waals surface area contributed by atoms with Gasteiger partial charge >= 0.3 is 0 Å². The number of nitrogens with one attached hydrogen (secondary N) is 1. The molecule has 1 saturated heterocycles. The van der Waals surface area contributed by atoms with Crippen molar-refractivity contribution in [3.8, 4) is 0 Å². The molecule has 1 aliphatic rings. The van der Waals surface area contributed by atoms with Crippen LogP contribution in [0.1, 0.15) is 22.4 Å². The summed E-state index contributed by atoms with van der Waals surface area (Å²) < 4.78 is 5.00. The second kappa shape index (κ2) is 7.04. The Hall–Kier alpha value is -0.690. The van der Waals surface area contributed by atoms with Gasteiger partial charge in [-0.3, -0.25) is 4.79 Å². The maximum atomic E-state index is 12.2. The molecule has 102 valence electrons. The SMILES string of the molecule is COCc1nc(C(=O)N2CCNC[C@@H]2C)cs1.Cl. The molecule has 1 N–H and O–H groups in total. The van der Waals surface area contributed by atoms with Gasteiger partial charge < -0.3 is 15.0 Å². The molecule has 0 aromatic carbocycles. The van der Waals surface area contributed by atoms with Gasteiger partial charge in [0.2, 0.25) is 0 Å². The number of ether oxygens (including phenoxy) is 1. The third-order valence-corrected chi connectivity index (χ3v) is 3.62. The second-order valence-electron chi connectivity index (χ2n) is 4.11. The third kappa shape index (κ3) is 3.41. The largest absolute Gasteiger partial charge is 0.378 e. The van der Waals surface area contributed by atoms with Crippen molar-refractivity contribution < 1.29 is 9.53 Å². The van der Waals surface area contributed by atoms with E-state index in [1.54, 1.807) is 7.11 Å². The molecule has 1 atom stereocenters. The zero-order valence-electron chi connectivity index (χ0n) is 10.5. The van der Waals surface area contributed by atoms with Crippen LogP contribution in [-0.4, -0.2) is 48.6 Å². The van der Waals surface area contributed by atoms with Gasteiger partial charge in [-0.05, 0) is 6.92 Å².